The maximum absolute atomic E-state index is 12.8. The molecule has 3 aliphatic rings. The Bertz CT molecular complexity index is 679. The molecule has 126 valence electrons. The van der Waals surface area contributed by atoms with Crippen LogP contribution in [0.4, 0.5) is 0 Å². The Hall–Kier alpha value is -1.31. The standard InChI is InChI=1S/C16H22N2O4S/c19-23(20,14-3-4-15-16(11-14)22-10-9-21-15)18-7-5-17(6-8-18)12-13-1-2-13/h3-4,11,13H,1-2,5-10,12H2. The summed E-state index contributed by atoms with van der Waals surface area (Å²) in [4.78, 5) is 2.67. The number of rotatable bonds is 4. The Kier molecular flexibility index (Phi) is 3.95. The second-order valence-corrected chi connectivity index (χ2v) is 8.39. The molecule has 0 amide bonds. The second kappa shape index (κ2) is 5.96. The number of piperazine rings is 1. The number of nitrogens with zero attached hydrogens (tertiary/aromatic N) is 2. The van der Waals surface area contributed by atoms with Crippen molar-refractivity contribution in [2.24, 2.45) is 5.92 Å². The number of fused-ring (bicyclic) bond motifs is 1. The average molecular weight is 338 g/mol. The number of ether oxygens (including phenoxy) is 2. The normalized spacial score (nSPS) is 23.0. The van der Waals surface area contributed by atoms with E-state index in [1.807, 2.05) is 0 Å². The molecule has 4 rings (SSSR count). The Labute approximate surface area is 137 Å². The van der Waals surface area contributed by atoms with E-state index in [9.17, 15) is 8.42 Å². The van der Waals surface area contributed by atoms with Crippen LogP contribution in [0, 0.1) is 5.92 Å². The predicted molar refractivity (Wildman–Crippen MR) is 85.4 cm³/mol. The summed E-state index contributed by atoms with van der Waals surface area (Å²) in [6, 6.07) is 4.88. The Balaban J connectivity index is 1.47. The minimum atomic E-state index is -3.46. The first-order valence-electron chi connectivity index (χ1n) is 8.25. The van der Waals surface area contributed by atoms with Crippen molar-refractivity contribution < 1.29 is 17.9 Å². The Morgan fingerprint density at radius 2 is 1.70 bits per heavy atom. The van der Waals surface area contributed by atoms with Crippen molar-refractivity contribution in [1.82, 2.24) is 9.21 Å². The van der Waals surface area contributed by atoms with Crippen molar-refractivity contribution in [3.05, 3.63) is 18.2 Å². The Morgan fingerprint density at radius 1 is 1.00 bits per heavy atom. The SMILES string of the molecule is O=S(=O)(c1ccc2c(c1)OCCO2)N1CCN(CC2CC2)CC1. The predicted octanol–water partition coefficient (Wildman–Crippen LogP) is 1.17. The van der Waals surface area contributed by atoms with Gasteiger partial charge >= 0.3 is 0 Å². The van der Waals surface area contributed by atoms with Crippen molar-refractivity contribution in [3.8, 4) is 11.5 Å². The molecule has 0 atom stereocenters. The van der Waals surface area contributed by atoms with Gasteiger partial charge in [0.2, 0.25) is 10.0 Å². The summed E-state index contributed by atoms with van der Waals surface area (Å²) in [6.45, 7) is 4.84. The highest BCUT2D eigenvalue weighted by Gasteiger charge is 2.31. The van der Waals surface area contributed by atoms with Gasteiger partial charge in [-0.15, -0.1) is 0 Å². The van der Waals surface area contributed by atoms with Crippen LogP contribution in [0.5, 0.6) is 11.5 Å². The van der Waals surface area contributed by atoms with Gasteiger partial charge in [0.1, 0.15) is 13.2 Å². The number of hydrogen-bond donors (Lipinski definition) is 0. The van der Waals surface area contributed by atoms with E-state index in [1.54, 1.807) is 22.5 Å². The van der Waals surface area contributed by atoms with Gasteiger partial charge in [-0.05, 0) is 30.9 Å². The van der Waals surface area contributed by atoms with E-state index in [0.29, 0.717) is 37.8 Å². The van der Waals surface area contributed by atoms with Crippen LogP contribution in [0.25, 0.3) is 0 Å². The van der Waals surface area contributed by atoms with E-state index in [0.717, 1.165) is 25.6 Å². The van der Waals surface area contributed by atoms with Gasteiger partial charge in [-0.2, -0.15) is 4.31 Å². The van der Waals surface area contributed by atoms with E-state index in [2.05, 4.69) is 4.90 Å². The summed E-state index contributed by atoms with van der Waals surface area (Å²) in [5, 5.41) is 0. The fourth-order valence-electron chi connectivity index (χ4n) is 3.15. The lowest BCUT2D eigenvalue weighted by molar-refractivity contribution is 0.170. The molecular weight excluding hydrogens is 316 g/mol. The number of sulfonamides is 1. The first kappa shape index (κ1) is 15.2. The lowest BCUT2D eigenvalue weighted by Gasteiger charge is -2.34. The smallest absolute Gasteiger partial charge is 0.243 e. The van der Waals surface area contributed by atoms with Crippen LogP contribution in [-0.4, -0.2) is 63.6 Å². The molecule has 2 heterocycles. The van der Waals surface area contributed by atoms with E-state index >= 15 is 0 Å². The topological polar surface area (TPSA) is 59.1 Å². The van der Waals surface area contributed by atoms with Crippen LogP contribution in [0.2, 0.25) is 0 Å². The van der Waals surface area contributed by atoms with Crippen molar-refractivity contribution in [2.75, 3.05) is 45.9 Å². The molecule has 7 heteroatoms. The van der Waals surface area contributed by atoms with Gasteiger partial charge in [0, 0.05) is 38.8 Å². The molecule has 2 fully saturated rings. The molecule has 6 nitrogen and oxygen atoms in total. The van der Waals surface area contributed by atoms with Crippen molar-refractivity contribution in [3.63, 3.8) is 0 Å². The fraction of sp³-hybridized carbons (Fsp3) is 0.625. The molecule has 1 saturated carbocycles. The zero-order chi connectivity index (χ0) is 15.9. The third kappa shape index (κ3) is 3.18. The van der Waals surface area contributed by atoms with Gasteiger partial charge in [0.25, 0.3) is 0 Å². The van der Waals surface area contributed by atoms with Crippen LogP contribution in [0.3, 0.4) is 0 Å². The summed E-state index contributed by atoms with van der Waals surface area (Å²) in [5.41, 5.74) is 0. The molecule has 1 saturated heterocycles. The molecule has 0 aromatic heterocycles. The van der Waals surface area contributed by atoms with E-state index < -0.39 is 10.0 Å². The third-order valence-corrected chi connectivity index (χ3v) is 6.59. The molecule has 0 N–H and O–H groups in total. The highest BCUT2D eigenvalue weighted by Crippen LogP contribution is 2.34. The molecule has 0 bridgehead atoms. The molecular formula is C16H22N2O4S. The zero-order valence-electron chi connectivity index (χ0n) is 13.1. The van der Waals surface area contributed by atoms with Crippen molar-refractivity contribution in [2.45, 2.75) is 17.7 Å². The first-order valence-corrected chi connectivity index (χ1v) is 9.69. The first-order chi connectivity index (χ1) is 11.1. The van der Waals surface area contributed by atoms with Crippen LogP contribution in [0.1, 0.15) is 12.8 Å². The lowest BCUT2D eigenvalue weighted by atomic mass is 10.3. The quantitative estimate of drug-likeness (QED) is 0.825. The largest absolute Gasteiger partial charge is 0.486 e. The Morgan fingerprint density at radius 3 is 2.39 bits per heavy atom. The molecule has 1 aromatic carbocycles. The second-order valence-electron chi connectivity index (χ2n) is 6.45. The van der Waals surface area contributed by atoms with Crippen LogP contribution in [0.15, 0.2) is 23.1 Å². The highest BCUT2D eigenvalue weighted by atomic mass is 32.2. The van der Waals surface area contributed by atoms with Gasteiger partial charge in [0.05, 0.1) is 4.90 Å². The van der Waals surface area contributed by atoms with E-state index in [-0.39, 0.29) is 4.90 Å². The van der Waals surface area contributed by atoms with Gasteiger partial charge < -0.3 is 14.4 Å². The number of benzene rings is 1. The fourth-order valence-corrected chi connectivity index (χ4v) is 4.59. The van der Waals surface area contributed by atoms with Crippen LogP contribution < -0.4 is 9.47 Å². The highest BCUT2D eigenvalue weighted by molar-refractivity contribution is 7.89. The minimum absolute atomic E-state index is 0.289. The molecule has 0 radical (unpaired) electrons. The summed E-state index contributed by atoms with van der Waals surface area (Å²) < 4.78 is 38.2. The van der Waals surface area contributed by atoms with Crippen LogP contribution in [-0.2, 0) is 10.0 Å². The monoisotopic (exact) mass is 338 g/mol. The molecule has 1 aromatic rings. The lowest BCUT2D eigenvalue weighted by Crippen LogP contribution is -2.49. The molecule has 2 aliphatic heterocycles. The van der Waals surface area contributed by atoms with Gasteiger partial charge in [0.15, 0.2) is 11.5 Å². The minimum Gasteiger partial charge on any atom is -0.486 e. The van der Waals surface area contributed by atoms with Gasteiger partial charge in [-0.3, -0.25) is 0 Å². The third-order valence-electron chi connectivity index (χ3n) is 4.70. The summed E-state index contributed by atoms with van der Waals surface area (Å²) in [5.74, 6) is 1.98. The zero-order valence-corrected chi connectivity index (χ0v) is 13.9. The molecule has 1 aliphatic carbocycles. The number of hydrogen-bond acceptors (Lipinski definition) is 5. The summed E-state index contributed by atoms with van der Waals surface area (Å²) >= 11 is 0. The van der Waals surface area contributed by atoms with Gasteiger partial charge in [-0.1, -0.05) is 0 Å². The molecule has 0 unspecified atom stereocenters. The van der Waals surface area contributed by atoms with Crippen molar-refractivity contribution >= 4 is 10.0 Å². The van der Waals surface area contributed by atoms with E-state index in [1.165, 1.54) is 12.8 Å². The maximum atomic E-state index is 12.8. The molecule has 0 spiro atoms. The maximum Gasteiger partial charge on any atom is 0.243 e. The van der Waals surface area contributed by atoms with Crippen molar-refractivity contribution in [1.29, 1.82) is 0 Å². The van der Waals surface area contributed by atoms with Gasteiger partial charge in [-0.25, -0.2) is 8.42 Å². The summed E-state index contributed by atoms with van der Waals surface area (Å²) in [6.07, 6.45) is 2.66. The molecule has 23 heavy (non-hydrogen) atoms. The average Bonchev–Trinajstić information content (AvgIpc) is 3.39. The summed E-state index contributed by atoms with van der Waals surface area (Å²) in [7, 11) is -3.46. The van der Waals surface area contributed by atoms with Crippen LogP contribution >= 0.6 is 0 Å². The van der Waals surface area contributed by atoms with E-state index in [4.69, 9.17) is 9.47 Å².